The maximum absolute atomic E-state index is 12.1. The van der Waals surface area contributed by atoms with Crippen molar-refractivity contribution in [2.24, 2.45) is 0 Å². The van der Waals surface area contributed by atoms with Gasteiger partial charge in [0.05, 0.1) is 6.33 Å². The molecule has 1 atom stereocenters. The van der Waals surface area contributed by atoms with Crippen molar-refractivity contribution in [2.45, 2.75) is 38.6 Å². The van der Waals surface area contributed by atoms with Gasteiger partial charge in [0, 0.05) is 43.0 Å². The van der Waals surface area contributed by atoms with Gasteiger partial charge in [0.15, 0.2) is 0 Å². The van der Waals surface area contributed by atoms with Crippen LogP contribution in [0.25, 0.3) is 0 Å². The van der Waals surface area contributed by atoms with Crippen LogP contribution in [0.4, 0.5) is 5.69 Å². The van der Waals surface area contributed by atoms with Gasteiger partial charge in [-0.1, -0.05) is 49.4 Å². The highest BCUT2D eigenvalue weighted by Gasteiger charge is 2.19. The summed E-state index contributed by atoms with van der Waals surface area (Å²) in [6, 6.07) is 18.9. The van der Waals surface area contributed by atoms with E-state index in [9.17, 15) is 4.79 Å². The summed E-state index contributed by atoms with van der Waals surface area (Å²) in [5.41, 5.74) is 4.71. The quantitative estimate of drug-likeness (QED) is 0.668. The molecule has 2 heterocycles. The highest BCUT2D eigenvalue weighted by molar-refractivity contribution is 5.93. The molecule has 4 rings (SSSR count). The number of imidazole rings is 1. The molecule has 2 aromatic carbocycles. The lowest BCUT2D eigenvalue weighted by Crippen LogP contribution is -2.35. The Kier molecular flexibility index (Phi) is 5.05. The van der Waals surface area contributed by atoms with Gasteiger partial charge in [-0.2, -0.15) is 0 Å². The molecule has 0 spiro atoms. The third-order valence-corrected chi connectivity index (χ3v) is 5.41. The number of carbonyl (C=O) groups is 1. The fourth-order valence-corrected chi connectivity index (χ4v) is 3.79. The largest absolute Gasteiger partial charge is 0.330 e. The monoisotopic (exact) mass is 359 g/mol. The SMILES string of the molecule is CC(c1ccccc1)c1cncn1Cc1ccc(N2CCCCC2=O)cc1. The number of hydrogen-bond donors (Lipinski definition) is 0. The third-order valence-electron chi connectivity index (χ3n) is 5.41. The summed E-state index contributed by atoms with van der Waals surface area (Å²) in [5.74, 6) is 0.529. The molecule has 138 valence electrons. The molecule has 1 aromatic heterocycles. The molecular formula is C23H25N3O. The first-order chi connectivity index (χ1) is 13.2. The van der Waals surface area contributed by atoms with E-state index in [0.29, 0.717) is 12.3 Å². The Morgan fingerprint density at radius 1 is 1.04 bits per heavy atom. The van der Waals surface area contributed by atoms with Crippen LogP contribution in [0, 0.1) is 0 Å². The average molecular weight is 359 g/mol. The van der Waals surface area contributed by atoms with E-state index in [1.807, 2.05) is 23.5 Å². The predicted molar refractivity (Wildman–Crippen MR) is 108 cm³/mol. The van der Waals surface area contributed by atoms with E-state index in [1.54, 1.807) is 0 Å². The predicted octanol–water partition coefficient (Wildman–Crippen LogP) is 4.60. The van der Waals surface area contributed by atoms with Crippen molar-refractivity contribution in [1.82, 2.24) is 9.55 Å². The lowest BCUT2D eigenvalue weighted by Gasteiger charge is -2.27. The molecule has 1 saturated heterocycles. The van der Waals surface area contributed by atoms with Crippen LogP contribution in [0.15, 0.2) is 67.1 Å². The van der Waals surface area contributed by atoms with E-state index in [0.717, 1.165) is 31.6 Å². The number of rotatable bonds is 5. The Morgan fingerprint density at radius 2 is 1.81 bits per heavy atom. The number of piperidine rings is 1. The summed E-state index contributed by atoms with van der Waals surface area (Å²) in [6.45, 7) is 3.83. The Labute approximate surface area is 160 Å². The number of carbonyl (C=O) groups excluding carboxylic acids is 1. The Morgan fingerprint density at radius 3 is 2.56 bits per heavy atom. The van der Waals surface area contributed by atoms with Gasteiger partial charge in [0.25, 0.3) is 0 Å². The van der Waals surface area contributed by atoms with Crippen molar-refractivity contribution in [2.75, 3.05) is 11.4 Å². The summed E-state index contributed by atoms with van der Waals surface area (Å²) < 4.78 is 2.21. The Hall–Kier alpha value is -2.88. The summed E-state index contributed by atoms with van der Waals surface area (Å²) in [4.78, 5) is 18.4. The second-order valence-corrected chi connectivity index (χ2v) is 7.25. The van der Waals surface area contributed by atoms with E-state index >= 15 is 0 Å². The van der Waals surface area contributed by atoms with Gasteiger partial charge in [-0.05, 0) is 36.1 Å². The molecule has 0 radical (unpaired) electrons. The Bertz CT molecular complexity index is 899. The second kappa shape index (κ2) is 7.78. The molecule has 0 bridgehead atoms. The van der Waals surface area contributed by atoms with Gasteiger partial charge in [-0.3, -0.25) is 4.79 Å². The van der Waals surface area contributed by atoms with Gasteiger partial charge in [0.2, 0.25) is 5.91 Å². The van der Waals surface area contributed by atoms with Crippen molar-refractivity contribution < 1.29 is 4.79 Å². The fourth-order valence-electron chi connectivity index (χ4n) is 3.79. The van der Waals surface area contributed by atoms with Gasteiger partial charge in [-0.15, -0.1) is 0 Å². The summed E-state index contributed by atoms with van der Waals surface area (Å²) in [5, 5.41) is 0. The van der Waals surface area contributed by atoms with Gasteiger partial charge < -0.3 is 9.47 Å². The molecule has 3 aromatic rings. The number of nitrogens with zero attached hydrogens (tertiary/aromatic N) is 3. The molecule has 1 unspecified atom stereocenters. The smallest absolute Gasteiger partial charge is 0.226 e. The highest BCUT2D eigenvalue weighted by atomic mass is 16.2. The van der Waals surface area contributed by atoms with Gasteiger partial charge in [0.1, 0.15) is 0 Å². The van der Waals surface area contributed by atoms with Crippen molar-refractivity contribution in [3.8, 4) is 0 Å². The molecule has 1 aliphatic heterocycles. The lowest BCUT2D eigenvalue weighted by atomic mass is 9.98. The minimum Gasteiger partial charge on any atom is -0.330 e. The zero-order chi connectivity index (χ0) is 18.6. The molecular weight excluding hydrogens is 334 g/mol. The van der Waals surface area contributed by atoms with E-state index < -0.39 is 0 Å². The molecule has 4 heteroatoms. The van der Waals surface area contributed by atoms with Crippen LogP contribution >= 0.6 is 0 Å². The maximum atomic E-state index is 12.1. The second-order valence-electron chi connectivity index (χ2n) is 7.25. The number of hydrogen-bond acceptors (Lipinski definition) is 2. The summed E-state index contributed by atoms with van der Waals surface area (Å²) in [6.07, 6.45) is 6.62. The number of aromatic nitrogens is 2. The minimum absolute atomic E-state index is 0.239. The van der Waals surface area contributed by atoms with Crippen LogP contribution in [-0.4, -0.2) is 22.0 Å². The molecule has 4 nitrogen and oxygen atoms in total. The normalized spacial score (nSPS) is 15.7. The zero-order valence-electron chi connectivity index (χ0n) is 15.7. The number of amides is 1. The maximum Gasteiger partial charge on any atom is 0.226 e. The lowest BCUT2D eigenvalue weighted by molar-refractivity contribution is -0.119. The Balaban J connectivity index is 1.50. The summed E-state index contributed by atoms with van der Waals surface area (Å²) in [7, 11) is 0. The van der Waals surface area contributed by atoms with E-state index in [4.69, 9.17) is 0 Å². The van der Waals surface area contributed by atoms with Crippen LogP contribution in [0.5, 0.6) is 0 Å². The van der Waals surface area contributed by atoms with Crippen LogP contribution < -0.4 is 4.90 Å². The molecule has 1 aliphatic rings. The molecule has 0 aliphatic carbocycles. The number of benzene rings is 2. The zero-order valence-corrected chi connectivity index (χ0v) is 15.7. The fraction of sp³-hybridized carbons (Fsp3) is 0.304. The highest BCUT2D eigenvalue weighted by Crippen LogP contribution is 2.25. The summed E-state index contributed by atoms with van der Waals surface area (Å²) >= 11 is 0. The molecule has 1 amide bonds. The van der Waals surface area contributed by atoms with Crippen molar-refractivity contribution in [3.63, 3.8) is 0 Å². The topological polar surface area (TPSA) is 38.1 Å². The van der Waals surface area contributed by atoms with E-state index in [2.05, 4.69) is 65.0 Å². The van der Waals surface area contributed by atoms with Crippen molar-refractivity contribution in [3.05, 3.63) is 83.9 Å². The first-order valence-corrected chi connectivity index (χ1v) is 9.66. The van der Waals surface area contributed by atoms with Crippen LogP contribution in [0.1, 0.15) is 48.9 Å². The van der Waals surface area contributed by atoms with Gasteiger partial charge >= 0.3 is 0 Å². The number of anilines is 1. The molecule has 0 N–H and O–H groups in total. The third kappa shape index (κ3) is 3.80. The van der Waals surface area contributed by atoms with Gasteiger partial charge in [-0.25, -0.2) is 4.98 Å². The van der Waals surface area contributed by atoms with E-state index in [1.165, 1.54) is 16.8 Å². The molecule has 0 saturated carbocycles. The van der Waals surface area contributed by atoms with E-state index in [-0.39, 0.29) is 5.91 Å². The average Bonchev–Trinajstić information content (AvgIpc) is 3.17. The minimum atomic E-state index is 0.239. The van der Waals surface area contributed by atoms with Crippen molar-refractivity contribution in [1.29, 1.82) is 0 Å². The first-order valence-electron chi connectivity index (χ1n) is 9.66. The van der Waals surface area contributed by atoms with Crippen LogP contribution in [0.2, 0.25) is 0 Å². The standard InChI is InChI=1S/C23H25N3O/c1-18(20-7-3-2-4-8-20)22-15-24-17-25(22)16-19-10-12-21(13-11-19)26-14-6-5-9-23(26)27/h2-4,7-8,10-13,15,17-18H,5-6,9,14,16H2,1H3. The van der Waals surface area contributed by atoms with Crippen LogP contribution in [-0.2, 0) is 11.3 Å². The van der Waals surface area contributed by atoms with Crippen molar-refractivity contribution >= 4 is 11.6 Å². The molecule has 1 fully saturated rings. The van der Waals surface area contributed by atoms with Crippen LogP contribution in [0.3, 0.4) is 0 Å². The molecule has 27 heavy (non-hydrogen) atoms. The first kappa shape index (κ1) is 17.5.